The average molecular weight is 285 g/mol. The van der Waals surface area contributed by atoms with E-state index in [1.54, 1.807) is 6.92 Å². The molecular weight excluding hydrogens is 268 g/mol. The van der Waals surface area contributed by atoms with Gasteiger partial charge in [0.25, 0.3) is 5.69 Å². The quantitative estimate of drug-likeness (QED) is 0.683. The van der Waals surface area contributed by atoms with Crippen LogP contribution in [0.2, 0.25) is 5.02 Å². The topological polar surface area (TPSA) is 78.4 Å². The van der Waals surface area contributed by atoms with Gasteiger partial charge in [0, 0.05) is 18.2 Å². The van der Waals surface area contributed by atoms with Crippen molar-refractivity contribution in [2.45, 2.75) is 44.8 Å². The predicted octanol–water partition coefficient (Wildman–Crippen LogP) is 3.21. The van der Waals surface area contributed by atoms with Gasteiger partial charge in [-0.15, -0.1) is 0 Å². The fraction of sp³-hybridized carbons (Fsp3) is 0.538. The van der Waals surface area contributed by atoms with Crippen LogP contribution in [0.15, 0.2) is 12.1 Å². The molecule has 0 aromatic heterocycles. The molecule has 2 N–H and O–H groups in total. The number of nitrogens with two attached hydrogens (primary N) is 1. The summed E-state index contributed by atoms with van der Waals surface area (Å²) in [6.07, 6.45) is 3.92. The summed E-state index contributed by atoms with van der Waals surface area (Å²) in [5.41, 5.74) is 6.54. The summed E-state index contributed by atoms with van der Waals surface area (Å²) in [7, 11) is 0. The number of nitro benzene ring substituents is 1. The lowest BCUT2D eigenvalue weighted by atomic mass is 9.93. The second-order valence-corrected chi connectivity index (χ2v) is 5.40. The Labute approximate surface area is 116 Å². The highest BCUT2D eigenvalue weighted by molar-refractivity contribution is 6.32. The van der Waals surface area contributed by atoms with E-state index in [0.29, 0.717) is 5.75 Å². The molecule has 1 aromatic carbocycles. The predicted molar refractivity (Wildman–Crippen MR) is 73.7 cm³/mol. The van der Waals surface area contributed by atoms with E-state index in [4.69, 9.17) is 22.1 Å². The Morgan fingerprint density at radius 1 is 1.47 bits per heavy atom. The van der Waals surface area contributed by atoms with E-state index in [2.05, 4.69) is 0 Å². The van der Waals surface area contributed by atoms with Gasteiger partial charge in [-0.05, 0) is 38.2 Å². The van der Waals surface area contributed by atoms with Gasteiger partial charge >= 0.3 is 0 Å². The SMILES string of the molecule is Cc1cc([N+](=O)[O-])c(Cl)cc1OC1CCCC(N)C1. The third-order valence-corrected chi connectivity index (χ3v) is 3.70. The summed E-state index contributed by atoms with van der Waals surface area (Å²) in [5.74, 6) is 0.606. The molecule has 19 heavy (non-hydrogen) atoms. The van der Waals surface area contributed by atoms with Crippen molar-refractivity contribution in [2.75, 3.05) is 0 Å². The zero-order chi connectivity index (χ0) is 14.0. The Bertz CT molecular complexity index is 493. The van der Waals surface area contributed by atoms with Crippen molar-refractivity contribution in [3.63, 3.8) is 0 Å². The van der Waals surface area contributed by atoms with Crippen molar-refractivity contribution in [3.8, 4) is 5.75 Å². The smallest absolute Gasteiger partial charge is 0.288 e. The minimum Gasteiger partial charge on any atom is -0.490 e. The maximum atomic E-state index is 10.8. The first-order valence-corrected chi connectivity index (χ1v) is 6.72. The molecule has 1 saturated carbocycles. The number of hydrogen-bond donors (Lipinski definition) is 1. The summed E-state index contributed by atoms with van der Waals surface area (Å²) in [6, 6.07) is 3.14. The third-order valence-electron chi connectivity index (χ3n) is 3.40. The number of aryl methyl sites for hydroxylation is 1. The fourth-order valence-corrected chi connectivity index (χ4v) is 2.61. The van der Waals surface area contributed by atoms with Gasteiger partial charge in [-0.3, -0.25) is 10.1 Å². The number of hydrogen-bond acceptors (Lipinski definition) is 4. The van der Waals surface area contributed by atoms with Crippen molar-refractivity contribution in [2.24, 2.45) is 5.73 Å². The van der Waals surface area contributed by atoms with Gasteiger partial charge in [0.1, 0.15) is 16.9 Å². The Kier molecular flexibility index (Phi) is 4.27. The summed E-state index contributed by atoms with van der Waals surface area (Å²) >= 11 is 5.90. The highest BCUT2D eigenvalue weighted by Crippen LogP contribution is 2.33. The van der Waals surface area contributed by atoms with Gasteiger partial charge in [-0.25, -0.2) is 0 Å². The Morgan fingerprint density at radius 3 is 2.84 bits per heavy atom. The average Bonchev–Trinajstić information content (AvgIpc) is 2.33. The van der Waals surface area contributed by atoms with Crippen LogP contribution in [-0.4, -0.2) is 17.1 Å². The minimum absolute atomic E-state index is 0.0694. The standard InChI is InChI=1S/C13H17ClN2O3/c1-8-5-12(16(17)18)11(14)7-13(8)19-10-4-2-3-9(15)6-10/h5,7,9-10H,2-4,6,15H2,1H3. The van der Waals surface area contributed by atoms with Crippen LogP contribution in [0.25, 0.3) is 0 Å². The Morgan fingerprint density at radius 2 is 2.21 bits per heavy atom. The van der Waals surface area contributed by atoms with E-state index < -0.39 is 4.92 Å². The molecule has 2 rings (SSSR count). The molecule has 2 atom stereocenters. The number of rotatable bonds is 3. The zero-order valence-electron chi connectivity index (χ0n) is 10.8. The molecule has 6 heteroatoms. The molecule has 0 bridgehead atoms. The second kappa shape index (κ2) is 5.75. The second-order valence-electron chi connectivity index (χ2n) is 4.99. The monoisotopic (exact) mass is 284 g/mol. The summed E-state index contributed by atoms with van der Waals surface area (Å²) in [5, 5.41) is 10.9. The molecule has 0 aliphatic heterocycles. The lowest BCUT2D eigenvalue weighted by molar-refractivity contribution is -0.384. The zero-order valence-corrected chi connectivity index (χ0v) is 11.5. The van der Waals surface area contributed by atoms with E-state index in [1.807, 2.05) is 0 Å². The number of ether oxygens (including phenoxy) is 1. The molecule has 5 nitrogen and oxygen atoms in total. The lowest BCUT2D eigenvalue weighted by Crippen LogP contribution is -2.33. The molecule has 0 heterocycles. The molecule has 2 unspecified atom stereocenters. The van der Waals surface area contributed by atoms with Gasteiger partial charge in [0.05, 0.1) is 4.92 Å². The minimum atomic E-state index is -0.490. The molecule has 0 radical (unpaired) electrons. The van der Waals surface area contributed by atoms with Crippen molar-refractivity contribution in [1.29, 1.82) is 0 Å². The molecular formula is C13H17ClN2O3. The molecule has 1 aliphatic carbocycles. The van der Waals surface area contributed by atoms with Gasteiger partial charge < -0.3 is 10.5 Å². The van der Waals surface area contributed by atoms with Gasteiger partial charge in [-0.2, -0.15) is 0 Å². The molecule has 1 aliphatic rings. The largest absolute Gasteiger partial charge is 0.490 e. The van der Waals surface area contributed by atoms with E-state index in [1.165, 1.54) is 12.1 Å². The first-order valence-electron chi connectivity index (χ1n) is 6.34. The molecule has 0 saturated heterocycles. The first-order chi connectivity index (χ1) is 8.97. The summed E-state index contributed by atoms with van der Waals surface area (Å²) in [4.78, 5) is 10.3. The van der Waals surface area contributed by atoms with E-state index >= 15 is 0 Å². The van der Waals surface area contributed by atoms with Crippen LogP contribution in [0, 0.1) is 17.0 Å². The maximum absolute atomic E-state index is 10.8. The van der Waals surface area contributed by atoms with Gasteiger partial charge in [0.2, 0.25) is 0 Å². The number of nitrogens with zero attached hydrogens (tertiary/aromatic N) is 1. The van der Waals surface area contributed by atoms with Crippen molar-refractivity contribution in [1.82, 2.24) is 0 Å². The van der Waals surface area contributed by atoms with Crippen LogP contribution in [0.3, 0.4) is 0 Å². The molecule has 0 spiro atoms. The molecule has 0 amide bonds. The van der Waals surface area contributed by atoms with Gasteiger partial charge in [-0.1, -0.05) is 11.6 Å². The summed E-state index contributed by atoms with van der Waals surface area (Å²) in [6.45, 7) is 1.78. The van der Waals surface area contributed by atoms with Crippen molar-refractivity contribution < 1.29 is 9.66 Å². The normalized spacial score (nSPS) is 23.1. The molecule has 104 valence electrons. The van der Waals surface area contributed by atoms with Crippen LogP contribution in [0.5, 0.6) is 5.75 Å². The Balaban J connectivity index is 2.16. The molecule has 1 fully saturated rings. The number of benzene rings is 1. The van der Waals surface area contributed by atoms with Crippen molar-refractivity contribution >= 4 is 17.3 Å². The maximum Gasteiger partial charge on any atom is 0.288 e. The van der Waals surface area contributed by atoms with E-state index in [-0.39, 0.29) is 22.9 Å². The van der Waals surface area contributed by atoms with Crippen LogP contribution >= 0.6 is 11.6 Å². The van der Waals surface area contributed by atoms with Crippen molar-refractivity contribution in [3.05, 3.63) is 32.8 Å². The van der Waals surface area contributed by atoms with E-state index in [9.17, 15) is 10.1 Å². The number of nitro groups is 1. The summed E-state index contributed by atoms with van der Waals surface area (Å²) < 4.78 is 5.89. The van der Waals surface area contributed by atoms with Crippen LogP contribution in [0.1, 0.15) is 31.2 Å². The first kappa shape index (κ1) is 14.1. The fourth-order valence-electron chi connectivity index (χ4n) is 2.38. The van der Waals surface area contributed by atoms with Gasteiger partial charge in [0.15, 0.2) is 0 Å². The number of halogens is 1. The van der Waals surface area contributed by atoms with Crippen LogP contribution < -0.4 is 10.5 Å². The Hall–Kier alpha value is -1.33. The highest BCUT2D eigenvalue weighted by Gasteiger charge is 2.22. The van der Waals surface area contributed by atoms with Crippen LogP contribution in [0.4, 0.5) is 5.69 Å². The van der Waals surface area contributed by atoms with Crippen LogP contribution in [-0.2, 0) is 0 Å². The molecule has 1 aromatic rings. The van der Waals surface area contributed by atoms with E-state index in [0.717, 1.165) is 31.2 Å². The lowest BCUT2D eigenvalue weighted by Gasteiger charge is -2.27. The third kappa shape index (κ3) is 3.36. The highest BCUT2D eigenvalue weighted by atomic mass is 35.5.